The third-order valence-corrected chi connectivity index (χ3v) is 3.65. The van der Waals surface area contributed by atoms with Gasteiger partial charge in [0.1, 0.15) is 5.75 Å². The molecule has 1 saturated heterocycles. The standard InChI is InChI=1S/C16H23NO3/c1-12-10-13(5-7-15(12)19-2)6-8-16(18)17-11-14-4-3-9-20-14/h5,7,10,14H,3-4,6,8-9,11H2,1-2H3,(H,17,18). The highest BCUT2D eigenvalue weighted by Crippen LogP contribution is 2.19. The molecule has 1 N–H and O–H groups in total. The van der Waals surface area contributed by atoms with Crippen LogP contribution in [0.1, 0.15) is 30.4 Å². The van der Waals surface area contributed by atoms with Crippen molar-refractivity contribution < 1.29 is 14.3 Å². The Morgan fingerprint density at radius 3 is 3.00 bits per heavy atom. The van der Waals surface area contributed by atoms with E-state index in [-0.39, 0.29) is 12.0 Å². The summed E-state index contributed by atoms with van der Waals surface area (Å²) in [7, 11) is 1.67. The van der Waals surface area contributed by atoms with Crippen LogP contribution in [-0.4, -0.2) is 32.3 Å². The largest absolute Gasteiger partial charge is 0.496 e. The second-order valence-corrected chi connectivity index (χ2v) is 5.24. The summed E-state index contributed by atoms with van der Waals surface area (Å²) in [6, 6.07) is 6.04. The maximum atomic E-state index is 11.8. The molecule has 0 saturated carbocycles. The average Bonchev–Trinajstić information content (AvgIpc) is 2.96. The fourth-order valence-electron chi connectivity index (χ4n) is 2.48. The minimum absolute atomic E-state index is 0.0916. The Hall–Kier alpha value is -1.55. The van der Waals surface area contributed by atoms with E-state index >= 15 is 0 Å². The van der Waals surface area contributed by atoms with Crippen molar-refractivity contribution in [2.24, 2.45) is 0 Å². The highest BCUT2D eigenvalue weighted by molar-refractivity contribution is 5.76. The number of benzene rings is 1. The first-order valence-corrected chi connectivity index (χ1v) is 7.21. The van der Waals surface area contributed by atoms with Gasteiger partial charge in [-0.05, 0) is 43.4 Å². The summed E-state index contributed by atoms with van der Waals surface area (Å²) in [6.45, 7) is 3.48. The zero-order valence-electron chi connectivity index (χ0n) is 12.3. The van der Waals surface area contributed by atoms with Gasteiger partial charge in [-0.3, -0.25) is 4.79 Å². The number of hydrogen-bond acceptors (Lipinski definition) is 3. The molecule has 1 aromatic rings. The highest BCUT2D eigenvalue weighted by Gasteiger charge is 2.15. The molecule has 20 heavy (non-hydrogen) atoms. The zero-order chi connectivity index (χ0) is 14.4. The van der Waals surface area contributed by atoms with Crippen LogP contribution in [0.25, 0.3) is 0 Å². The first kappa shape index (κ1) is 14.9. The Morgan fingerprint density at radius 2 is 2.35 bits per heavy atom. The predicted octanol–water partition coefficient (Wildman–Crippen LogP) is 2.23. The topological polar surface area (TPSA) is 47.6 Å². The van der Waals surface area contributed by atoms with Crippen molar-refractivity contribution in [2.45, 2.75) is 38.7 Å². The number of methoxy groups -OCH3 is 1. The Bertz CT molecular complexity index is 453. The second-order valence-electron chi connectivity index (χ2n) is 5.24. The fraction of sp³-hybridized carbons (Fsp3) is 0.562. The molecule has 4 heteroatoms. The van der Waals surface area contributed by atoms with Gasteiger partial charge in [-0.15, -0.1) is 0 Å². The van der Waals surface area contributed by atoms with Gasteiger partial charge >= 0.3 is 0 Å². The first-order valence-electron chi connectivity index (χ1n) is 7.21. The molecule has 0 bridgehead atoms. The number of ether oxygens (including phenoxy) is 2. The third-order valence-electron chi connectivity index (χ3n) is 3.65. The number of rotatable bonds is 6. The van der Waals surface area contributed by atoms with Crippen molar-refractivity contribution in [2.75, 3.05) is 20.3 Å². The van der Waals surface area contributed by atoms with Crippen LogP contribution < -0.4 is 10.1 Å². The molecule has 1 atom stereocenters. The maximum absolute atomic E-state index is 11.8. The van der Waals surface area contributed by atoms with Gasteiger partial charge in [0.15, 0.2) is 0 Å². The molecule has 0 aromatic heterocycles. The van der Waals surface area contributed by atoms with Crippen molar-refractivity contribution in [1.29, 1.82) is 0 Å². The lowest BCUT2D eigenvalue weighted by atomic mass is 10.1. The van der Waals surface area contributed by atoms with Gasteiger partial charge in [0.25, 0.3) is 0 Å². The van der Waals surface area contributed by atoms with E-state index in [0.29, 0.717) is 13.0 Å². The number of aryl methyl sites for hydroxylation is 2. The predicted molar refractivity (Wildman–Crippen MR) is 78.0 cm³/mol. The second kappa shape index (κ2) is 7.29. The molecule has 0 spiro atoms. The van der Waals surface area contributed by atoms with E-state index in [4.69, 9.17) is 9.47 Å². The SMILES string of the molecule is COc1ccc(CCC(=O)NCC2CCCO2)cc1C. The van der Waals surface area contributed by atoms with E-state index in [2.05, 4.69) is 11.4 Å². The molecule has 110 valence electrons. The Labute approximate surface area is 120 Å². The Kier molecular flexibility index (Phi) is 5.41. The van der Waals surface area contributed by atoms with Crippen LogP contribution in [0.4, 0.5) is 0 Å². The van der Waals surface area contributed by atoms with E-state index in [9.17, 15) is 4.79 Å². The van der Waals surface area contributed by atoms with Crippen LogP contribution in [0.3, 0.4) is 0 Å². The lowest BCUT2D eigenvalue weighted by Gasteiger charge is -2.11. The molecule has 1 fully saturated rings. The van der Waals surface area contributed by atoms with Crippen LogP contribution >= 0.6 is 0 Å². The zero-order valence-corrected chi connectivity index (χ0v) is 12.3. The van der Waals surface area contributed by atoms with E-state index in [0.717, 1.165) is 42.7 Å². The summed E-state index contributed by atoms with van der Waals surface area (Å²) in [5, 5.41) is 2.94. The van der Waals surface area contributed by atoms with Crippen LogP contribution in [-0.2, 0) is 16.0 Å². The number of carbonyl (C=O) groups excluding carboxylic acids is 1. The molecule has 1 unspecified atom stereocenters. The maximum Gasteiger partial charge on any atom is 0.220 e. The van der Waals surface area contributed by atoms with Gasteiger partial charge in [0, 0.05) is 19.6 Å². The summed E-state index contributed by atoms with van der Waals surface area (Å²) in [4.78, 5) is 11.8. The van der Waals surface area contributed by atoms with E-state index in [1.165, 1.54) is 0 Å². The summed E-state index contributed by atoms with van der Waals surface area (Å²) >= 11 is 0. The van der Waals surface area contributed by atoms with E-state index < -0.39 is 0 Å². The van der Waals surface area contributed by atoms with Gasteiger partial charge < -0.3 is 14.8 Å². The monoisotopic (exact) mass is 277 g/mol. The molecule has 1 aromatic carbocycles. The lowest BCUT2D eigenvalue weighted by Crippen LogP contribution is -2.31. The Balaban J connectivity index is 1.73. The normalized spacial score (nSPS) is 18.0. The van der Waals surface area contributed by atoms with Crippen molar-refractivity contribution in [3.05, 3.63) is 29.3 Å². The van der Waals surface area contributed by atoms with Gasteiger partial charge in [-0.1, -0.05) is 12.1 Å². The summed E-state index contributed by atoms with van der Waals surface area (Å²) in [5.74, 6) is 0.977. The van der Waals surface area contributed by atoms with Crippen molar-refractivity contribution in [3.8, 4) is 5.75 Å². The quantitative estimate of drug-likeness (QED) is 0.867. The van der Waals surface area contributed by atoms with E-state index in [1.807, 2.05) is 19.1 Å². The molecule has 1 aliphatic heterocycles. The molecular weight excluding hydrogens is 254 g/mol. The molecule has 4 nitrogen and oxygen atoms in total. The molecule has 2 rings (SSSR count). The first-order chi connectivity index (χ1) is 9.69. The smallest absolute Gasteiger partial charge is 0.220 e. The number of amides is 1. The molecule has 0 aliphatic carbocycles. The summed E-state index contributed by atoms with van der Waals surface area (Å²) in [6.07, 6.45) is 3.63. The number of hydrogen-bond donors (Lipinski definition) is 1. The summed E-state index contributed by atoms with van der Waals surface area (Å²) < 4.78 is 10.7. The highest BCUT2D eigenvalue weighted by atomic mass is 16.5. The molecular formula is C16H23NO3. The number of carbonyl (C=O) groups is 1. The Morgan fingerprint density at radius 1 is 1.50 bits per heavy atom. The molecule has 1 amide bonds. The van der Waals surface area contributed by atoms with Crippen LogP contribution in [0.5, 0.6) is 5.75 Å². The van der Waals surface area contributed by atoms with E-state index in [1.54, 1.807) is 7.11 Å². The summed E-state index contributed by atoms with van der Waals surface area (Å²) in [5.41, 5.74) is 2.26. The fourth-order valence-corrected chi connectivity index (χ4v) is 2.48. The molecule has 0 radical (unpaired) electrons. The van der Waals surface area contributed by atoms with Gasteiger partial charge in [-0.2, -0.15) is 0 Å². The molecule has 1 heterocycles. The number of nitrogens with one attached hydrogen (secondary N) is 1. The van der Waals surface area contributed by atoms with Gasteiger partial charge in [0.2, 0.25) is 5.91 Å². The van der Waals surface area contributed by atoms with Crippen molar-refractivity contribution in [3.63, 3.8) is 0 Å². The van der Waals surface area contributed by atoms with Gasteiger partial charge in [0.05, 0.1) is 13.2 Å². The van der Waals surface area contributed by atoms with Gasteiger partial charge in [-0.25, -0.2) is 0 Å². The minimum atomic E-state index is 0.0916. The third kappa shape index (κ3) is 4.23. The molecule has 1 aliphatic rings. The van der Waals surface area contributed by atoms with Crippen LogP contribution in [0.2, 0.25) is 0 Å². The van der Waals surface area contributed by atoms with Crippen LogP contribution in [0, 0.1) is 6.92 Å². The average molecular weight is 277 g/mol. The lowest BCUT2D eigenvalue weighted by molar-refractivity contribution is -0.121. The minimum Gasteiger partial charge on any atom is -0.496 e. The van der Waals surface area contributed by atoms with Crippen molar-refractivity contribution >= 4 is 5.91 Å². The van der Waals surface area contributed by atoms with Crippen LogP contribution in [0.15, 0.2) is 18.2 Å². The van der Waals surface area contributed by atoms with Crippen molar-refractivity contribution in [1.82, 2.24) is 5.32 Å².